The van der Waals surface area contributed by atoms with Crippen molar-refractivity contribution in [3.8, 4) is 0 Å². The Morgan fingerprint density at radius 2 is 2.11 bits per heavy atom. The minimum atomic E-state index is -4.55. The Morgan fingerprint density at radius 1 is 1.37 bits per heavy atom. The summed E-state index contributed by atoms with van der Waals surface area (Å²) >= 11 is 4.22. The van der Waals surface area contributed by atoms with Crippen molar-refractivity contribution in [3.63, 3.8) is 0 Å². The topological polar surface area (TPSA) is 30.0 Å². The number of halogens is 4. The molecule has 0 unspecified atom stereocenters. The smallest absolute Gasteiger partial charge is 0.294 e. The SMILES string of the molecule is O=C(Cc1cncs1)c1ccc(Br)cc1C(F)(F)F. The standard InChI is InChI=1S/C12H7BrF3NOS/c13-7-1-2-9(10(3-7)12(14,15)16)11(18)4-8-5-17-6-19-8/h1-3,5-6H,4H2. The van der Waals surface area contributed by atoms with E-state index in [0.717, 1.165) is 6.07 Å². The van der Waals surface area contributed by atoms with Gasteiger partial charge in [0.1, 0.15) is 0 Å². The van der Waals surface area contributed by atoms with Crippen LogP contribution in [0, 0.1) is 0 Å². The van der Waals surface area contributed by atoms with Crippen LogP contribution in [0.5, 0.6) is 0 Å². The summed E-state index contributed by atoms with van der Waals surface area (Å²) in [4.78, 5) is 16.4. The van der Waals surface area contributed by atoms with Crippen LogP contribution in [0.15, 0.2) is 34.4 Å². The fourth-order valence-corrected chi connectivity index (χ4v) is 2.53. The lowest BCUT2D eigenvalue weighted by Crippen LogP contribution is -2.14. The van der Waals surface area contributed by atoms with Crippen LogP contribution in [0.1, 0.15) is 20.8 Å². The van der Waals surface area contributed by atoms with Crippen LogP contribution in [0.2, 0.25) is 0 Å². The number of rotatable bonds is 3. The number of carbonyl (C=O) groups excluding carboxylic acids is 1. The molecule has 0 radical (unpaired) electrons. The van der Waals surface area contributed by atoms with Gasteiger partial charge in [-0.3, -0.25) is 9.78 Å². The molecular formula is C12H7BrF3NOS. The zero-order valence-electron chi connectivity index (χ0n) is 9.37. The van der Waals surface area contributed by atoms with Crippen LogP contribution < -0.4 is 0 Å². The number of alkyl halides is 3. The molecule has 1 heterocycles. The molecule has 0 fully saturated rings. The molecule has 0 bridgehead atoms. The second-order valence-corrected chi connectivity index (χ2v) is 5.64. The van der Waals surface area contributed by atoms with Crippen molar-refractivity contribution in [2.75, 3.05) is 0 Å². The van der Waals surface area contributed by atoms with Crippen molar-refractivity contribution in [2.45, 2.75) is 12.6 Å². The highest BCUT2D eigenvalue weighted by molar-refractivity contribution is 9.10. The third kappa shape index (κ3) is 3.42. The molecule has 0 saturated carbocycles. The largest absolute Gasteiger partial charge is 0.417 e. The number of benzene rings is 1. The van der Waals surface area contributed by atoms with E-state index in [1.165, 1.54) is 35.2 Å². The van der Waals surface area contributed by atoms with Gasteiger partial charge >= 0.3 is 6.18 Å². The van der Waals surface area contributed by atoms with Crippen molar-refractivity contribution < 1.29 is 18.0 Å². The van der Waals surface area contributed by atoms with E-state index in [-0.39, 0.29) is 16.5 Å². The monoisotopic (exact) mass is 349 g/mol. The van der Waals surface area contributed by atoms with Crippen LogP contribution in [0.4, 0.5) is 13.2 Å². The Morgan fingerprint density at radius 3 is 2.68 bits per heavy atom. The van der Waals surface area contributed by atoms with Gasteiger partial charge in [-0.1, -0.05) is 15.9 Å². The summed E-state index contributed by atoms with van der Waals surface area (Å²) in [6, 6.07) is 3.53. The minimum Gasteiger partial charge on any atom is -0.294 e. The summed E-state index contributed by atoms with van der Waals surface area (Å²) in [6.45, 7) is 0. The van der Waals surface area contributed by atoms with Crippen molar-refractivity contribution in [3.05, 3.63) is 50.4 Å². The molecule has 1 aromatic heterocycles. The highest BCUT2D eigenvalue weighted by Gasteiger charge is 2.35. The molecule has 0 atom stereocenters. The fraction of sp³-hybridized carbons (Fsp3) is 0.167. The molecule has 0 aliphatic heterocycles. The molecule has 2 aromatic rings. The number of nitrogens with zero attached hydrogens (tertiary/aromatic N) is 1. The Labute approximate surface area is 119 Å². The summed E-state index contributed by atoms with van der Waals surface area (Å²) in [5, 5.41) is 0. The van der Waals surface area contributed by atoms with E-state index in [4.69, 9.17) is 0 Å². The Balaban J connectivity index is 2.36. The van der Waals surface area contributed by atoms with Crippen LogP contribution in [-0.2, 0) is 12.6 Å². The first kappa shape index (κ1) is 14.2. The Bertz CT molecular complexity index is 596. The summed E-state index contributed by atoms with van der Waals surface area (Å²) in [5.74, 6) is -0.566. The van der Waals surface area contributed by atoms with Crippen molar-refractivity contribution in [2.24, 2.45) is 0 Å². The second-order valence-electron chi connectivity index (χ2n) is 3.76. The summed E-state index contributed by atoms with van der Waals surface area (Å²) in [5.41, 5.74) is 0.301. The number of aromatic nitrogens is 1. The van der Waals surface area contributed by atoms with E-state index in [1.807, 2.05) is 0 Å². The van der Waals surface area contributed by atoms with Gasteiger partial charge in [0.2, 0.25) is 0 Å². The summed E-state index contributed by atoms with van der Waals surface area (Å²) < 4.78 is 38.9. The van der Waals surface area contributed by atoms with Crippen LogP contribution in [0.25, 0.3) is 0 Å². The zero-order chi connectivity index (χ0) is 14.0. The first-order chi connectivity index (χ1) is 8.88. The number of thiazole rings is 1. The predicted octanol–water partition coefficient (Wildman–Crippen LogP) is 4.35. The van der Waals surface area contributed by atoms with E-state index in [1.54, 1.807) is 0 Å². The van der Waals surface area contributed by atoms with Gasteiger partial charge in [0, 0.05) is 27.5 Å². The van der Waals surface area contributed by atoms with Gasteiger partial charge in [-0.25, -0.2) is 0 Å². The number of hydrogen-bond donors (Lipinski definition) is 0. The average Bonchev–Trinajstić information content (AvgIpc) is 2.80. The number of hydrogen-bond acceptors (Lipinski definition) is 3. The maximum atomic E-state index is 12.9. The zero-order valence-corrected chi connectivity index (χ0v) is 11.8. The van der Waals surface area contributed by atoms with Crippen LogP contribution in [0.3, 0.4) is 0 Å². The molecule has 19 heavy (non-hydrogen) atoms. The number of carbonyl (C=O) groups is 1. The van der Waals surface area contributed by atoms with E-state index in [0.29, 0.717) is 4.88 Å². The normalized spacial score (nSPS) is 11.6. The number of Topliss-reactive ketones (excluding diaryl/α,β-unsaturated/α-hetero) is 1. The van der Waals surface area contributed by atoms with Crippen molar-refractivity contribution in [1.82, 2.24) is 4.98 Å². The van der Waals surface area contributed by atoms with Gasteiger partial charge in [0.25, 0.3) is 0 Å². The average molecular weight is 350 g/mol. The van der Waals surface area contributed by atoms with E-state index >= 15 is 0 Å². The quantitative estimate of drug-likeness (QED) is 0.771. The molecule has 0 spiro atoms. The molecule has 0 amide bonds. The van der Waals surface area contributed by atoms with Crippen LogP contribution in [-0.4, -0.2) is 10.8 Å². The van der Waals surface area contributed by atoms with Gasteiger partial charge in [0.05, 0.1) is 11.1 Å². The van der Waals surface area contributed by atoms with Crippen molar-refractivity contribution >= 4 is 33.0 Å². The molecule has 2 rings (SSSR count). The Hall–Kier alpha value is -1.21. The molecule has 0 N–H and O–H groups in total. The molecule has 1 aromatic carbocycles. The minimum absolute atomic E-state index is 0.0740. The van der Waals surface area contributed by atoms with E-state index in [9.17, 15) is 18.0 Å². The van der Waals surface area contributed by atoms with Gasteiger partial charge in [-0.05, 0) is 18.2 Å². The fourth-order valence-electron chi connectivity index (χ4n) is 1.58. The number of ketones is 1. The first-order valence-corrected chi connectivity index (χ1v) is 6.82. The predicted molar refractivity (Wildman–Crippen MR) is 69.3 cm³/mol. The molecule has 0 aliphatic carbocycles. The Kier molecular flexibility index (Phi) is 4.05. The third-order valence-electron chi connectivity index (χ3n) is 2.41. The molecule has 0 aliphatic rings. The summed E-state index contributed by atoms with van der Waals surface area (Å²) in [7, 11) is 0. The van der Waals surface area contributed by atoms with Crippen LogP contribution >= 0.6 is 27.3 Å². The molecular weight excluding hydrogens is 343 g/mol. The van der Waals surface area contributed by atoms with Gasteiger partial charge in [0.15, 0.2) is 5.78 Å². The van der Waals surface area contributed by atoms with Gasteiger partial charge in [-0.2, -0.15) is 13.2 Å². The lowest BCUT2D eigenvalue weighted by atomic mass is 10.0. The maximum absolute atomic E-state index is 12.9. The van der Waals surface area contributed by atoms with E-state index < -0.39 is 17.5 Å². The molecule has 2 nitrogen and oxygen atoms in total. The highest BCUT2D eigenvalue weighted by atomic mass is 79.9. The lowest BCUT2D eigenvalue weighted by molar-refractivity contribution is -0.137. The molecule has 0 saturated heterocycles. The highest BCUT2D eigenvalue weighted by Crippen LogP contribution is 2.34. The van der Waals surface area contributed by atoms with Gasteiger partial charge in [-0.15, -0.1) is 11.3 Å². The van der Waals surface area contributed by atoms with Gasteiger partial charge < -0.3 is 0 Å². The first-order valence-electron chi connectivity index (χ1n) is 5.15. The van der Waals surface area contributed by atoms with Crippen molar-refractivity contribution in [1.29, 1.82) is 0 Å². The second kappa shape index (κ2) is 5.42. The van der Waals surface area contributed by atoms with E-state index in [2.05, 4.69) is 20.9 Å². The molecule has 100 valence electrons. The maximum Gasteiger partial charge on any atom is 0.417 e. The lowest BCUT2D eigenvalue weighted by Gasteiger charge is -2.12. The summed E-state index contributed by atoms with van der Waals surface area (Å²) in [6.07, 6.45) is -3.15. The molecule has 7 heteroatoms. The third-order valence-corrected chi connectivity index (χ3v) is 3.68.